The van der Waals surface area contributed by atoms with Crippen molar-refractivity contribution < 1.29 is 28.7 Å². The fourth-order valence-corrected chi connectivity index (χ4v) is 3.22. The molecule has 0 unspecified atom stereocenters. The molecule has 0 saturated heterocycles. The van der Waals surface area contributed by atoms with Gasteiger partial charge in [-0.3, -0.25) is 4.79 Å². The van der Waals surface area contributed by atoms with Crippen molar-refractivity contribution in [2.75, 3.05) is 19.6 Å². The molecule has 2 aromatic carbocycles. The van der Waals surface area contributed by atoms with E-state index in [0.717, 1.165) is 0 Å². The van der Waals surface area contributed by atoms with E-state index in [2.05, 4.69) is 35.8 Å². The van der Waals surface area contributed by atoms with Gasteiger partial charge in [-0.2, -0.15) is 9.78 Å². The number of benzene rings is 2. The van der Waals surface area contributed by atoms with E-state index in [4.69, 9.17) is 19.9 Å². The van der Waals surface area contributed by atoms with Crippen molar-refractivity contribution in [2.45, 2.75) is 0 Å². The van der Waals surface area contributed by atoms with Crippen LogP contribution in [0.15, 0.2) is 46.1 Å². The number of amides is 1. The highest BCUT2D eigenvalue weighted by atomic mass is 16.7. The largest absolute Gasteiger partial charge is 0.504 e. The first-order valence-electron chi connectivity index (χ1n) is 9.69. The molecule has 0 bridgehead atoms. The summed E-state index contributed by atoms with van der Waals surface area (Å²) in [4.78, 5) is 13.0. The lowest BCUT2D eigenvalue weighted by Crippen LogP contribution is -2.19. The molecule has 0 spiro atoms. The van der Waals surface area contributed by atoms with Crippen LogP contribution in [0.3, 0.4) is 0 Å². The molecule has 1 amide bonds. The Bertz CT molecular complexity index is 1410. The van der Waals surface area contributed by atoms with Gasteiger partial charge in [0.25, 0.3) is 5.91 Å². The normalized spacial score (nSPS) is 12.3. The molecule has 14 heteroatoms. The number of rotatable bonds is 6. The molecule has 1 aliphatic heterocycles. The molecule has 172 valence electrons. The standard InChI is InChI=1S/C20H16N8O6/c1-31-14-6-10(2-4-12(14)29)8-22-24-20(30)16-17(11-3-5-13-15(7-11)33-9-32-13)28(27-23-16)19-18(21)25-34-26-19/h2-8,29H,9H2,1H3,(H2,21,25)(H,24,30)/b22-8+. The zero-order valence-corrected chi connectivity index (χ0v) is 17.5. The fraction of sp³-hybridized carbons (Fsp3) is 0.100. The van der Waals surface area contributed by atoms with E-state index in [9.17, 15) is 9.90 Å². The monoisotopic (exact) mass is 464 g/mol. The number of anilines is 1. The Morgan fingerprint density at radius 2 is 2.09 bits per heavy atom. The van der Waals surface area contributed by atoms with Crippen molar-refractivity contribution in [1.82, 2.24) is 30.7 Å². The first-order chi connectivity index (χ1) is 16.5. The predicted octanol–water partition coefficient (Wildman–Crippen LogP) is 1.11. The van der Waals surface area contributed by atoms with Crippen molar-refractivity contribution in [2.24, 2.45) is 5.10 Å². The molecule has 0 radical (unpaired) electrons. The minimum absolute atomic E-state index is 0.0183. The van der Waals surface area contributed by atoms with Gasteiger partial charge in [0.15, 0.2) is 28.7 Å². The lowest BCUT2D eigenvalue weighted by Gasteiger charge is -2.07. The minimum Gasteiger partial charge on any atom is -0.504 e. The maximum atomic E-state index is 13.0. The van der Waals surface area contributed by atoms with Crippen LogP contribution in [0.4, 0.5) is 5.82 Å². The number of phenolic OH excluding ortho intramolecular Hbond substituents is 1. The number of carbonyl (C=O) groups is 1. The Balaban J connectivity index is 1.48. The summed E-state index contributed by atoms with van der Waals surface area (Å²) in [6.07, 6.45) is 1.38. The van der Waals surface area contributed by atoms with Gasteiger partial charge < -0.3 is 25.1 Å². The molecule has 4 N–H and O–H groups in total. The van der Waals surface area contributed by atoms with Crippen LogP contribution in [-0.4, -0.2) is 56.4 Å². The Morgan fingerprint density at radius 3 is 2.88 bits per heavy atom. The average molecular weight is 464 g/mol. The van der Waals surface area contributed by atoms with Gasteiger partial charge in [0.1, 0.15) is 5.69 Å². The number of carbonyl (C=O) groups excluding carboxylic acids is 1. The second kappa shape index (κ2) is 8.42. The Kier molecular flexibility index (Phi) is 5.14. The number of aromatic nitrogens is 5. The molecule has 0 atom stereocenters. The van der Waals surface area contributed by atoms with Crippen LogP contribution in [-0.2, 0) is 0 Å². The Labute approximate surface area is 190 Å². The predicted molar refractivity (Wildman–Crippen MR) is 115 cm³/mol. The summed E-state index contributed by atoms with van der Waals surface area (Å²) >= 11 is 0. The molecular formula is C20H16N8O6. The number of nitrogens with two attached hydrogens (primary N) is 1. The smallest absolute Gasteiger partial charge is 0.294 e. The molecule has 0 aliphatic carbocycles. The van der Waals surface area contributed by atoms with Crippen LogP contribution in [0, 0.1) is 0 Å². The number of hydrazone groups is 1. The van der Waals surface area contributed by atoms with Gasteiger partial charge in [-0.1, -0.05) is 5.21 Å². The lowest BCUT2D eigenvalue weighted by atomic mass is 10.1. The van der Waals surface area contributed by atoms with Gasteiger partial charge in [-0.25, -0.2) is 10.1 Å². The second-order valence-corrected chi connectivity index (χ2v) is 6.87. The number of nitrogens with zero attached hydrogens (tertiary/aromatic N) is 6. The SMILES string of the molecule is COc1cc(/C=N/NC(=O)c2nnn(-c3nonc3N)c2-c2ccc3c(c2)OCO3)ccc1O. The molecule has 3 heterocycles. The van der Waals surface area contributed by atoms with Crippen molar-refractivity contribution in [3.8, 4) is 40.1 Å². The summed E-state index contributed by atoms with van der Waals surface area (Å²) in [5, 5.41) is 28.9. The third-order valence-corrected chi connectivity index (χ3v) is 4.81. The highest BCUT2D eigenvalue weighted by Crippen LogP contribution is 2.37. The molecule has 14 nitrogen and oxygen atoms in total. The van der Waals surface area contributed by atoms with Gasteiger partial charge in [0.05, 0.1) is 13.3 Å². The van der Waals surface area contributed by atoms with E-state index >= 15 is 0 Å². The average Bonchev–Trinajstić information content (AvgIpc) is 3.58. The molecule has 1 aliphatic rings. The number of methoxy groups -OCH3 is 1. The third kappa shape index (κ3) is 3.68. The van der Waals surface area contributed by atoms with E-state index in [1.165, 1.54) is 24.1 Å². The van der Waals surface area contributed by atoms with E-state index < -0.39 is 5.91 Å². The van der Waals surface area contributed by atoms with Crippen molar-refractivity contribution >= 4 is 17.9 Å². The van der Waals surface area contributed by atoms with Crippen LogP contribution in [0.5, 0.6) is 23.0 Å². The molecule has 5 rings (SSSR count). The highest BCUT2D eigenvalue weighted by molar-refractivity contribution is 5.99. The van der Waals surface area contributed by atoms with Crippen LogP contribution >= 0.6 is 0 Å². The number of phenols is 1. The molecule has 0 fully saturated rings. The van der Waals surface area contributed by atoms with Crippen molar-refractivity contribution in [3.63, 3.8) is 0 Å². The van der Waals surface area contributed by atoms with Crippen LogP contribution in [0.25, 0.3) is 17.1 Å². The number of fused-ring (bicyclic) bond motifs is 1. The van der Waals surface area contributed by atoms with Crippen LogP contribution < -0.4 is 25.4 Å². The minimum atomic E-state index is -0.657. The van der Waals surface area contributed by atoms with E-state index in [1.54, 1.807) is 30.3 Å². The van der Waals surface area contributed by atoms with Crippen molar-refractivity contribution in [3.05, 3.63) is 47.7 Å². The first-order valence-corrected chi connectivity index (χ1v) is 9.69. The summed E-state index contributed by atoms with van der Waals surface area (Å²) in [7, 11) is 1.43. The fourth-order valence-electron chi connectivity index (χ4n) is 3.22. The second-order valence-electron chi connectivity index (χ2n) is 6.87. The van der Waals surface area contributed by atoms with Gasteiger partial charge in [0, 0.05) is 5.56 Å². The molecule has 34 heavy (non-hydrogen) atoms. The molecular weight excluding hydrogens is 448 g/mol. The zero-order valence-electron chi connectivity index (χ0n) is 17.5. The maximum absolute atomic E-state index is 13.0. The highest BCUT2D eigenvalue weighted by Gasteiger charge is 2.26. The zero-order chi connectivity index (χ0) is 23.7. The number of nitrogens with one attached hydrogen (secondary N) is 1. The summed E-state index contributed by atoms with van der Waals surface area (Å²) < 4.78 is 21.7. The third-order valence-electron chi connectivity index (χ3n) is 4.81. The van der Waals surface area contributed by atoms with Crippen LogP contribution in [0.1, 0.15) is 16.1 Å². The summed E-state index contributed by atoms with van der Waals surface area (Å²) in [6.45, 7) is 0.0839. The van der Waals surface area contributed by atoms with Gasteiger partial charge in [-0.15, -0.1) is 5.10 Å². The quantitative estimate of drug-likeness (QED) is 0.274. The number of ether oxygens (including phenoxy) is 3. The summed E-state index contributed by atoms with van der Waals surface area (Å²) in [5.74, 6) is 0.651. The van der Waals surface area contributed by atoms with Gasteiger partial charge in [-0.05, 0) is 52.3 Å². The number of hydrogen-bond acceptors (Lipinski definition) is 12. The van der Waals surface area contributed by atoms with Crippen molar-refractivity contribution in [1.29, 1.82) is 0 Å². The number of hydrogen-bond donors (Lipinski definition) is 3. The van der Waals surface area contributed by atoms with E-state index in [-0.39, 0.29) is 41.3 Å². The number of aromatic hydroxyl groups is 1. The maximum Gasteiger partial charge on any atom is 0.294 e. The first kappa shape index (κ1) is 20.7. The van der Waals surface area contributed by atoms with E-state index in [1.807, 2.05) is 0 Å². The molecule has 4 aromatic rings. The van der Waals surface area contributed by atoms with Gasteiger partial charge >= 0.3 is 0 Å². The Morgan fingerprint density at radius 1 is 1.24 bits per heavy atom. The molecule has 2 aromatic heterocycles. The number of nitrogen functional groups attached to an aromatic ring is 1. The van der Waals surface area contributed by atoms with Gasteiger partial charge in [0.2, 0.25) is 18.4 Å². The van der Waals surface area contributed by atoms with E-state index in [0.29, 0.717) is 22.6 Å². The van der Waals surface area contributed by atoms with Crippen LogP contribution in [0.2, 0.25) is 0 Å². The summed E-state index contributed by atoms with van der Waals surface area (Å²) in [5.41, 5.74) is 9.50. The lowest BCUT2D eigenvalue weighted by molar-refractivity contribution is 0.0950. The summed E-state index contributed by atoms with van der Waals surface area (Å²) in [6, 6.07) is 9.67. The molecule has 0 saturated carbocycles. The topological polar surface area (TPSA) is 185 Å². The Hall–Kier alpha value is -5.14.